The van der Waals surface area contributed by atoms with Gasteiger partial charge in [0.2, 0.25) is 0 Å². The van der Waals surface area contributed by atoms with Crippen molar-refractivity contribution in [3.8, 4) is 5.75 Å². The van der Waals surface area contributed by atoms with Gasteiger partial charge in [-0.1, -0.05) is 13.0 Å². The molecule has 29 heavy (non-hydrogen) atoms. The molecular weight excluding hydrogens is 366 g/mol. The van der Waals surface area contributed by atoms with Gasteiger partial charge in [-0.15, -0.1) is 0 Å². The zero-order valence-electron chi connectivity index (χ0n) is 16.9. The van der Waals surface area contributed by atoms with Crippen LogP contribution in [0.2, 0.25) is 0 Å². The van der Waals surface area contributed by atoms with Crippen molar-refractivity contribution in [3.05, 3.63) is 41.3 Å². The van der Waals surface area contributed by atoms with Crippen LogP contribution in [-0.2, 0) is 16.0 Å². The van der Waals surface area contributed by atoms with Gasteiger partial charge in [-0.3, -0.25) is 9.69 Å². The molecule has 2 bridgehead atoms. The molecule has 1 amide bonds. The van der Waals surface area contributed by atoms with Gasteiger partial charge in [0.15, 0.2) is 0 Å². The maximum atomic E-state index is 12.6. The summed E-state index contributed by atoms with van der Waals surface area (Å²) in [7, 11) is 0. The van der Waals surface area contributed by atoms with Gasteiger partial charge in [0, 0.05) is 24.5 Å². The van der Waals surface area contributed by atoms with Gasteiger partial charge in [-0.05, 0) is 73.1 Å². The van der Waals surface area contributed by atoms with Crippen molar-refractivity contribution >= 4 is 11.9 Å². The van der Waals surface area contributed by atoms with E-state index in [1.54, 1.807) is 11.1 Å². The van der Waals surface area contributed by atoms with Crippen LogP contribution < -0.4 is 4.74 Å². The number of carbonyl (C=O) groups excluding carboxylic acids is 2. The molecule has 5 nitrogen and oxygen atoms in total. The van der Waals surface area contributed by atoms with Crippen molar-refractivity contribution in [2.24, 2.45) is 17.3 Å². The van der Waals surface area contributed by atoms with Crippen LogP contribution >= 0.6 is 0 Å². The highest BCUT2D eigenvalue weighted by Gasteiger charge is 2.54. The lowest BCUT2D eigenvalue weighted by atomic mass is 9.55. The van der Waals surface area contributed by atoms with E-state index in [2.05, 4.69) is 19.1 Å². The van der Waals surface area contributed by atoms with Crippen LogP contribution in [0.1, 0.15) is 62.5 Å². The Balaban J connectivity index is 1.22. The maximum absolute atomic E-state index is 12.6. The molecule has 5 heteroatoms. The third-order valence-electron chi connectivity index (χ3n) is 8.40. The number of hydrogen-bond donors (Lipinski definition) is 0. The lowest BCUT2D eigenvalue weighted by Gasteiger charge is -2.48. The normalized spacial score (nSPS) is 36.8. The Labute approximate surface area is 171 Å². The Morgan fingerprint density at radius 2 is 2.14 bits per heavy atom. The lowest BCUT2D eigenvalue weighted by molar-refractivity contribution is -0.129. The van der Waals surface area contributed by atoms with Crippen molar-refractivity contribution < 1.29 is 19.1 Å². The summed E-state index contributed by atoms with van der Waals surface area (Å²) >= 11 is 0. The summed E-state index contributed by atoms with van der Waals surface area (Å²) < 4.78 is 11.1. The smallest absolute Gasteiger partial charge is 0.419 e. The summed E-state index contributed by atoms with van der Waals surface area (Å²) in [5.74, 6) is 3.70. The molecule has 6 rings (SSSR count). The number of ketones is 1. The SMILES string of the molecule is CC12CCC3c4ccc(OC(=O)N5C=C6CC5CO6)cc4CCC3C1CCC2=O. The van der Waals surface area contributed by atoms with Crippen molar-refractivity contribution in [2.75, 3.05) is 6.61 Å². The minimum absolute atomic E-state index is 0.0819. The van der Waals surface area contributed by atoms with Crippen LogP contribution in [0.5, 0.6) is 5.75 Å². The highest BCUT2D eigenvalue weighted by molar-refractivity contribution is 5.87. The van der Waals surface area contributed by atoms with Crippen LogP contribution in [-0.4, -0.2) is 29.4 Å². The summed E-state index contributed by atoms with van der Waals surface area (Å²) in [5, 5.41) is 0. The highest BCUT2D eigenvalue weighted by Crippen LogP contribution is 2.59. The van der Waals surface area contributed by atoms with Gasteiger partial charge in [0.05, 0.1) is 6.04 Å². The third kappa shape index (κ3) is 2.52. The second-order valence-corrected chi connectivity index (χ2v) is 9.73. The third-order valence-corrected chi connectivity index (χ3v) is 8.40. The van der Waals surface area contributed by atoms with E-state index in [0.717, 1.165) is 50.7 Å². The van der Waals surface area contributed by atoms with Crippen molar-refractivity contribution in [1.82, 2.24) is 4.90 Å². The standard InChI is InChI=1S/C24H27NO4/c1-24-9-8-19-18-5-3-16(29-23(27)25-12-17-11-15(25)13-28-17)10-14(18)2-4-20(19)21(24)6-7-22(24)26/h3,5,10,12,15,19-21H,2,4,6-9,11,13H2,1H3. The van der Waals surface area contributed by atoms with E-state index in [-0.39, 0.29) is 17.6 Å². The van der Waals surface area contributed by atoms with Crippen LogP contribution in [0.15, 0.2) is 30.2 Å². The summed E-state index contributed by atoms with van der Waals surface area (Å²) in [5.41, 5.74) is 2.65. The molecule has 3 aliphatic carbocycles. The fraction of sp³-hybridized carbons (Fsp3) is 0.583. The second-order valence-electron chi connectivity index (χ2n) is 9.73. The maximum Gasteiger partial charge on any atom is 0.419 e. The average molecular weight is 393 g/mol. The molecule has 0 aromatic heterocycles. The van der Waals surface area contributed by atoms with Gasteiger partial charge in [-0.25, -0.2) is 4.79 Å². The molecule has 2 saturated carbocycles. The Bertz CT molecular complexity index is 937. The van der Waals surface area contributed by atoms with E-state index >= 15 is 0 Å². The first kappa shape index (κ1) is 17.5. The van der Waals surface area contributed by atoms with E-state index in [1.165, 1.54) is 11.1 Å². The molecule has 0 N–H and O–H groups in total. The van der Waals surface area contributed by atoms with E-state index in [4.69, 9.17) is 9.47 Å². The van der Waals surface area contributed by atoms with Crippen molar-refractivity contribution in [2.45, 2.75) is 63.8 Å². The molecule has 3 fully saturated rings. The first-order chi connectivity index (χ1) is 14.0. The molecule has 0 spiro atoms. The minimum Gasteiger partial charge on any atom is -0.494 e. The molecule has 1 saturated heterocycles. The number of amides is 1. The van der Waals surface area contributed by atoms with E-state index in [9.17, 15) is 9.59 Å². The molecule has 5 aliphatic rings. The van der Waals surface area contributed by atoms with Gasteiger partial charge in [0.25, 0.3) is 0 Å². The molecule has 5 unspecified atom stereocenters. The average Bonchev–Trinajstić information content (AvgIpc) is 3.43. The summed E-state index contributed by atoms with van der Waals surface area (Å²) in [6, 6.07) is 6.27. The fourth-order valence-electron chi connectivity index (χ4n) is 6.83. The van der Waals surface area contributed by atoms with Crippen LogP contribution in [0, 0.1) is 17.3 Å². The number of rotatable bonds is 1. The number of fused-ring (bicyclic) bond motifs is 7. The van der Waals surface area contributed by atoms with Crippen molar-refractivity contribution in [1.29, 1.82) is 0 Å². The molecule has 152 valence electrons. The number of nitrogens with zero attached hydrogens (tertiary/aromatic N) is 1. The fourth-order valence-corrected chi connectivity index (χ4v) is 6.83. The predicted octanol–water partition coefficient (Wildman–Crippen LogP) is 4.56. The highest BCUT2D eigenvalue weighted by atomic mass is 16.6. The van der Waals surface area contributed by atoms with Gasteiger partial charge in [0.1, 0.15) is 23.9 Å². The molecule has 1 aromatic carbocycles. The molecular formula is C24H27NO4. The van der Waals surface area contributed by atoms with Gasteiger partial charge >= 0.3 is 6.09 Å². The first-order valence-electron chi connectivity index (χ1n) is 11.0. The minimum atomic E-state index is -0.320. The van der Waals surface area contributed by atoms with Gasteiger partial charge < -0.3 is 9.47 Å². The molecule has 1 aromatic rings. The van der Waals surface area contributed by atoms with E-state index in [0.29, 0.717) is 35.9 Å². The summed E-state index contributed by atoms with van der Waals surface area (Å²) in [6.45, 7) is 2.78. The number of aryl methyl sites for hydroxylation is 1. The zero-order chi connectivity index (χ0) is 19.8. The topological polar surface area (TPSA) is 55.8 Å². The van der Waals surface area contributed by atoms with E-state index < -0.39 is 0 Å². The summed E-state index contributed by atoms with van der Waals surface area (Å²) in [4.78, 5) is 26.7. The molecule has 2 heterocycles. The quantitative estimate of drug-likeness (QED) is 0.702. The molecule has 5 atom stereocenters. The molecule has 0 radical (unpaired) electrons. The van der Waals surface area contributed by atoms with Crippen LogP contribution in [0.25, 0.3) is 0 Å². The van der Waals surface area contributed by atoms with E-state index in [1.807, 2.05) is 6.07 Å². The van der Waals surface area contributed by atoms with Crippen molar-refractivity contribution in [3.63, 3.8) is 0 Å². The number of ether oxygens (including phenoxy) is 2. The Morgan fingerprint density at radius 3 is 2.93 bits per heavy atom. The second kappa shape index (κ2) is 6.10. The van der Waals surface area contributed by atoms with Crippen LogP contribution in [0.3, 0.4) is 0 Å². The Morgan fingerprint density at radius 1 is 1.24 bits per heavy atom. The number of benzene rings is 1. The largest absolute Gasteiger partial charge is 0.494 e. The lowest BCUT2D eigenvalue weighted by Crippen LogP contribution is -2.42. The number of carbonyl (C=O) groups is 2. The van der Waals surface area contributed by atoms with Crippen LogP contribution in [0.4, 0.5) is 4.79 Å². The first-order valence-corrected chi connectivity index (χ1v) is 11.0. The monoisotopic (exact) mass is 393 g/mol. The summed E-state index contributed by atoms with van der Waals surface area (Å²) in [6.07, 6.45) is 8.33. The Hall–Kier alpha value is -2.30. The molecule has 2 aliphatic heterocycles. The Kier molecular flexibility index (Phi) is 3.69. The predicted molar refractivity (Wildman–Crippen MR) is 106 cm³/mol. The number of hydrogen-bond acceptors (Lipinski definition) is 4. The van der Waals surface area contributed by atoms with Gasteiger partial charge in [-0.2, -0.15) is 0 Å². The zero-order valence-corrected chi connectivity index (χ0v) is 16.9. The number of Topliss-reactive ketones (excluding diaryl/α,β-unsaturated/α-hetero) is 1.